The Bertz CT molecular complexity index is 932. The van der Waals surface area contributed by atoms with Gasteiger partial charge in [0, 0.05) is 25.7 Å². The van der Waals surface area contributed by atoms with Gasteiger partial charge < -0.3 is 20.5 Å². The van der Waals surface area contributed by atoms with E-state index in [9.17, 15) is 18.0 Å². The molecule has 1 aliphatic heterocycles. The highest BCUT2D eigenvalue weighted by molar-refractivity contribution is 7.94. The molecular formula is C18H28N4O6S. The molecule has 1 saturated carbocycles. The maximum atomic E-state index is 13.4. The number of amides is 2. The highest BCUT2D eigenvalue weighted by Gasteiger charge is 2.61. The number of rotatable bonds is 9. The summed E-state index contributed by atoms with van der Waals surface area (Å²) in [6, 6.07) is 0. The summed E-state index contributed by atoms with van der Waals surface area (Å²) >= 11 is 0. The highest BCUT2D eigenvalue weighted by atomic mass is 32.2. The molecule has 29 heavy (non-hydrogen) atoms. The molecule has 1 aliphatic carbocycles. The zero-order valence-corrected chi connectivity index (χ0v) is 17.8. The topological polar surface area (TPSA) is 145 Å². The number of hydrogen-bond donors (Lipinski definition) is 2. The molecule has 2 heterocycles. The van der Waals surface area contributed by atoms with Crippen LogP contribution in [-0.2, 0) is 28.0 Å². The Morgan fingerprint density at radius 2 is 2.03 bits per heavy atom. The van der Waals surface area contributed by atoms with Gasteiger partial charge in [0.25, 0.3) is 11.8 Å². The van der Waals surface area contributed by atoms with Crippen molar-refractivity contribution in [2.24, 2.45) is 12.8 Å². The summed E-state index contributed by atoms with van der Waals surface area (Å²) in [5, 5.41) is 12.9. The Morgan fingerprint density at radius 1 is 1.38 bits per heavy atom. The number of carbonyl (C=O) groups is 2. The van der Waals surface area contributed by atoms with Gasteiger partial charge in [-0.05, 0) is 33.1 Å². The van der Waals surface area contributed by atoms with Crippen molar-refractivity contribution in [3.63, 3.8) is 0 Å². The van der Waals surface area contributed by atoms with Gasteiger partial charge in [0.1, 0.15) is 5.69 Å². The first-order valence-electron chi connectivity index (χ1n) is 9.55. The van der Waals surface area contributed by atoms with Crippen LogP contribution in [0.1, 0.15) is 53.2 Å². The number of carbonyl (C=O) groups excluding carboxylic acids is 2. The fourth-order valence-corrected chi connectivity index (χ4v) is 6.34. The first-order valence-corrected chi connectivity index (χ1v) is 11.0. The second-order valence-electron chi connectivity index (χ2n) is 8.36. The van der Waals surface area contributed by atoms with Crippen LogP contribution in [0.3, 0.4) is 0 Å². The van der Waals surface area contributed by atoms with Crippen LogP contribution in [0.5, 0.6) is 0 Å². The van der Waals surface area contributed by atoms with Crippen LogP contribution in [0.4, 0.5) is 0 Å². The van der Waals surface area contributed by atoms with Crippen molar-refractivity contribution in [1.82, 2.24) is 14.7 Å². The van der Waals surface area contributed by atoms with Crippen LogP contribution >= 0.6 is 0 Å². The summed E-state index contributed by atoms with van der Waals surface area (Å²) in [5.41, 5.74) is 6.24. The van der Waals surface area contributed by atoms with Gasteiger partial charge in [0.2, 0.25) is 0 Å². The quantitative estimate of drug-likeness (QED) is 0.492. The first kappa shape index (κ1) is 21.7. The van der Waals surface area contributed by atoms with Gasteiger partial charge in [-0.25, -0.2) is 8.42 Å². The van der Waals surface area contributed by atoms with Crippen molar-refractivity contribution < 1.29 is 27.9 Å². The molecule has 0 saturated heterocycles. The summed E-state index contributed by atoms with van der Waals surface area (Å²) < 4.78 is 31.2. The molecule has 1 aromatic rings. The second-order valence-corrected chi connectivity index (χ2v) is 11.3. The lowest BCUT2D eigenvalue weighted by atomic mass is 10.0. The largest absolute Gasteiger partial charge is 0.394 e. The van der Waals surface area contributed by atoms with Crippen molar-refractivity contribution >= 4 is 21.7 Å². The van der Waals surface area contributed by atoms with Gasteiger partial charge in [-0.2, -0.15) is 5.10 Å². The van der Waals surface area contributed by atoms with Gasteiger partial charge in [-0.3, -0.25) is 14.3 Å². The average molecular weight is 429 g/mol. The van der Waals surface area contributed by atoms with Crippen LogP contribution < -0.4 is 5.73 Å². The molecule has 1 aromatic heterocycles. The van der Waals surface area contributed by atoms with Crippen LogP contribution in [0.2, 0.25) is 0 Å². The van der Waals surface area contributed by atoms with Gasteiger partial charge in [-0.1, -0.05) is 0 Å². The molecule has 2 aliphatic rings. The van der Waals surface area contributed by atoms with E-state index in [-0.39, 0.29) is 43.7 Å². The van der Waals surface area contributed by atoms with Gasteiger partial charge >= 0.3 is 0 Å². The molecule has 1 fully saturated rings. The molecule has 10 nitrogen and oxygen atoms in total. The minimum absolute atomic E-state index is 0.0283. The number of aliphatic hydroxyl groups excluding tert-OH is 1. The summed E-state index contributed by atoms with van der Waals surface area (Å²) in [4.78, 5) is 26.1. The van der Waals surface area contributed by atoms with E-state index >= 15 is 0 Å². The van der Waals surface area contributed by atoms with Crippen LogP contribution in [0.25, 0.3) is 0 Å². The van der Waals surface area contributed by atoms with Crippen LogP contribution in [-0.4, -0.2) is 82.4 Å². The van der Waals surface area contributed by atoms with E-state index in [1.165, 1.54) is 9.58 Å². The molecule has 162 valence electrons. The van der Waals surface area contributed by atoms with Crippen molar-refractivity contribution in [2.45, 2.75) is 42.6 Å². The monoisotopic (exact) mass is 428 g/mol. The fraction of sp³-hybridized carbons (Fsp3) is 0.722. The van der Waals surface area contributed by atoms with Crippen molar-refractivity contribution in [3.8, 4) is 0 Å². The molecule has 3 N–H and O–H groups in total. The number of aryl methyl sites for hydroxylation is 1. The number of aromatic nitrogens is 2. The smallest absolute Gasteiger partial charge is 0.272 e. The van der Waals surface area contributed by atoms with E-state index in [0.717, 1.165) is 0 Å². The summed E-state index contributed by atoms with van der Waals surface area (Å²) in [7, 11) is -2.06. The molecule has 0 unspecified atom stereocenters. The highest BCUT2D eigenvalue weighted by Crippen LogP contribution is 2.49. The molecule has 3 rings (SSSR count). The lowest BCUT2D eigenvalue weighted by molar-refractivity contribution is 0.0719. The predicted molar refractivity (Wildman–Crippen MR) is 104 cm³/mol. The van der Waals surface area contributed by atoms with Crippen LogP contribution in [0, 0.1) is 0 Å². The maximum absolute atomic E-state index is 13.4. The summed E-state index contributed by atoms with van der Waals surface area (Å²) in [6.07, 6.45) is 1.35. The van der Waals surface area contributed by atoms with Crippen molar-refractivity contribution in [2.75, 3.05) is 32.9 Å². The van der Waals surface area contributed by atoms with E-state index in [1.54, 1.807) is 20.9 Å². The molecule has 0 aromatic carbocycles. The second kappa shape index (κ2) is 7.37. The molecule has 0 atom stereocenters. The van der Waals surface area contributed by atoms with E-state index < -0.39 is 25.2 Å². The minimum atomic E-state index is -3.62. The minimum Gasteiger partial charge on any atom is -0.394 e. The Labute approximate surface area is 169 Å². The third-order valence-electron chi connectivity index (χ3n) is 5.77. The summed E-state index contributed by atoms with van der Waals surface area (Å²) in [6.45, 7) is 3.47. The zero-order chi connectivity index (χ0) is 21.6. The van der Waals surface area contributed by atoms with Gasteiger partial charge in [0.05, 0.1) is 29.3 Å². The SMILES string of the molecule is Cn1nc(C(N)=O)c2c1C(=O)N(CC1(S(=O)(=O)C(C)(C)COCCO)CC1)CC2. The predicted octanol–water partition coefficient (Wildman–Crippen LogP) is -0.748. The number of ether oxygens (including phenoxy) is 1. The van der Waals surface area contributed by atoms with Gasteiger partial charge in [0.15, 0.2) is 15.5 Å². The first-order chi connectivity index (χ1) is 13.5. The third kappa shape index (κ3) is 3.55. The van der Waals surface area contributed by atoms with Crippen molar-refractivity contribution in [3.05, 3.63) is 17.0 Å². The maximum Gasteiger partial charge on any atom is 0.272 e. The number of primary amides is 1. The Morgan fingerprint density at radius 3 is 2.59 bits per heavy atom. The number of aliphatic hydroxyl groups is 1. The van der Waals surface area contributed by atoms with E-state index in [2.05, 4.69) is 5.10 Å². The number of sulfone groups is 1. The van der Waals surface area contributed by atoms with Crippen molar-refractivity contribution in [1.29, 1.82) is 0 Å². The standard InChI is InChI=1S/C18H28N4O6S/c1-17(2,11-28-9-8-23)29(26,27)18(5-6-18)10-22-7-4-12-13(15(19)24)20-21(3)14(12)16(22)25/h23H,4-11H2,1-3H3,(H2,19,24). The number of fused-ring (bicyclic) bond motifs is 1. The molecule has 11 heteroatoms. The lowest BCUT2D eigenvalue weighted by Crippen LogP contribution is -2.52. The normalized spacial score (nSPS) is 18.6. The van der Waals surface area contributed by atoms with Crippen LogP contribution in [0.15, 0.2) is 0 Å². The number of nitrogens with zero attached hydrogens (tertiary/aromatic N) is 3. The third-order valence-corrected chi connectivity index (χ3v) is 9.02. The Kier molecular flexibility index (Phi) is 5.52. The number of hydrogen-bond acceptors (Lipinski definition) is 7. The van der Waals surface area contributed by atoms with E-state index in [0.29, 0.717) is 31.4 Å². The molecule has 0 spiro atoms. The average Bonchev–Trinajstić information content (AvgIpc) is 3.34. The molecule has 0 radical (unpaired) electrons. The number of nitrogens with two attached hydrogens (primary N) is 1. The van der Waals surface area contributed by atoms with E-state index in [4.69, 9.17) is 15.6 Å². The fourth-order valence-electron chi connectivity index (χ4n) is 3.96. The summed E-state index contributed by atoms with van der Waals surface area (Å²) in [5.74, 6) is -1.03. The molecular weight excluding hydrogens is 400 g/mol. The Balaban J connectivity index is 1.82. The van der Waals surface area contributed by atoms with E-state index in [1.807, 2.05) is 0 Å². The zero-order valence-electron chi connectivity index (χ0n) is 17.0. The Hall–Kier alpha value is -1.98. The molecule has 0 bridgehead atoms. The van der Waals surface area contributed by atoms with Gasteiger partial charge in [-0.15, -0.1) is 0 Å². The lowest BCUT2D eigenvalue weighted by Gasteiger charge is -2.35. The molecule has 2 amide bonds.